The van der Waals surface area contributed by atoms with Gasteiger partial charge in [0.25, 0.3) is 5.69 Å². The Morgan fingerprint density at radius 2 is 1.71 bits per heavy atom. The molecule has 1 unspecified atom stereocenters. The van der Waals surface area contributed by atoms with Crippen LogP contribution < -0.4 is 20.1 Å². The number of unbranched alkanes of at least 4 members (excludes halogenated alkanes) is 1. The molecule has 1 aliphatic heterocycles. The summed E-state index contributed by atoms with van der Waals surface area (Å²) in [5, 5.41) is 46.2. The van der Waals surface area contributed by atoms with Gasteiger partial charge in [-0.1, -0.05) is 18.2 Å². The SMILES string of the molecule is CC1=C(C(=O)O)C(c2cc([N+](=O)[O-])ccc2OCCCCNC[C@@H](O)COc2ccccc2C)C(C(=O)O)=C(C(F)(F)F)N1.Cl. The summed E-state index contributed by atoms with van der Waals surface area (Å²) < 4.78 is 52.9. The van der Waals surface area contributed by atoms with Crippen LogP contribution in [0.3, 0.4) is 0 Å². The number of carboxylic acid groups (broad SMARTS) is 2. The van der Waals surface area contributed by atoms with Crippen molar-refractivity contribution in [1.82, 2.24) is 10.6 Å². The number of benzene rings is 2. The summed E-state index contributed by atoms with van der Waals surface area (Å²) in [5.41, 5.74) is -4.30. The third-order valence-corrected chi connectivity index (χ3v) is 6.73. The zero-order valence-electron chi connectivity index (χ0n) is 24.2. The van der Waals surface area contributed by atoms with Crippen LogP contribution in [-0.4, -0.2) is 70.8 Å². The largest absolute Gasteiger partial charge is 0.493 e. The van der Waals surface area contributed by atoms with Gasteiger partial charge < -0.3 is 35.4 Å². The number of hydrogen-bond acceptors (Lipinski definition) is 9. The van der Waals surface area contributed by atoms with Crippen LogP contribution in [0.2, 0.25) is 0 Å². The fourth-order valence-electron chi connectivity index (χ4n) is 4.65. The summed E-state index contributed by atoms with van der Waals surface area (Å²) in [6.07, 6.45) is -5.07. The number of para-hydroxylation sites is 1. The summed E-state index contributed by atoms with van der Waals surface area (Å²) in [6.45, 7) is 3.67. The average molecular weight is 660 g/mol. The minimum Gasteiger partial charge on any atom is -0.493 e. The molecule has 45 heavy (non-hydrogen) atoms. The molecule has 2 aromatic rings. The van der Waals surface area contributed by atoms with Crippen molar-refractivity contribution >= 4 is 30.0 Å². The normalized spacial score (nSPS) is 15.6. The molecule has 0 amide bonds. The van der Waals surface area contributed by atoms with Gasteiger partial charge in [0.15, 0.2) is 0 Å². The Morgan fingerprint density at radius 1 is 1.04 bits per heavy atom. The highest BCUT2D eigenvalue weighted by Crippen LogP contribution is 2.46. The fourth-order valence-corrected chi connectivity index (χ4v) is 4.65. The number of nitro benzene ring substituents is 1. The Kier molecular flexibility index (Phi) is 13.2. The topological polar surface area (TPSA) is 180 Å². The Labute approximate surface area is 262 Å². The number of aliphatic hydroxyl groups excluding tert-OH is 1. The van der Waals surface area contributed by atoms with Crippen molar-refractivity contribution in [3.8, 4) is 11.5 Å². The first-order chi connectivity index (χ1) is 20.7. The first kappa shape index (κ1) is 36.8. The van der Waals surface area contributed by atoms with E-state index >= 15 is 0 Å². The molecule has 0 saturated heterocycles. The van der Waals surface area contributed by atoms with Gasteiger partial charge in [-0.3, -0.25) is 10.1 Å². The molecule has 3 rings (SSSR count). The second kappa shape index (κ2) is 16.1. The van der Waals surface area contributed by atoms with Crippen molar-refractivity contribution in [3.05, 3.63) is 86.2 Å². The van der Waals surface area contributed by atoms with Gasteiger partial charge in [0.2, 0.25) is 0 Å². The van der Waals surface area contributed by atoms with Gasteiger partial charge in [-0.05, 0) is 50.9 Å². The smallest absolute Gasteiger partial charge is 0.431 e. The number of nitrogens with zero attached hydrogens (tertiary/aromatic N) is 1. The molecule has 5 N–H and O–H groups in total. The van der Waals surface area contributed by atoms with Crippen molar-refractivity contribution in [2.24, 2.45) is 0 Å². The molecule has 12 nitrogen and oxygen atoms in total. The molecule has 0 aromatic heterocycles. The third-order valence-electron chi connectivity index (χ3n) is 6.73. The highest BCUT2D eigenvalue weighted by Gasteiger charge is 2.47. The summed E-state index contributed by atoms with van der Waals surface area (Å²) in [5.74, 6) is -5.35. The number of halogens is 4. The number of non-ortho nitro benzene ring substituents is 1. The molecule has 0 saturated carbocycles. The third kappa shape index (κ3) is 9.57. The molecule has 0 aliphatic carbocycles. The number of dihydropyridines is 1. The van der Waals surface area contributed by atoms with Gasteiger partial charge in [0.05, 0.1) is 28.6 Å². The highest BCUT2D eigenvalue weighted by molar-refractivity contribution is 5.99. The van der Waals surface area contributed by atoms with E-state index in [0.717, 1.165) is 30.7 Å². The number of ether oxygens (including phenoxy) is 2. The van der Waals surface area contributed by atoms with Crippen molar-refractivity contribution < 1.29 is 52.5 Å². The van der Waals surface area contributed by atoms with Crippen LogP contribution in [-0.2, 0) is 9.59 Å². The number of rotatable bonds is 15. The predicted molar refractivity (Wildman–Crippen MR) is 158 cm³/mol. The monoisotopic (exact) mass is 659 g/mol. The standard InChI is InChI=1S/C29H32F3N3O9.ClH/c1-16-7-3-4-8-21(16)44-15-19(36)14-33-11-5-6-12-43-22-10-9-18(35(41)42)13-20(22)24-23(27(37)38)17(2)34-26(29(30,31)32)25(24)28(39)40;/h3-4,7-10,13,19,24,33-34,36H,5-6,11-12,14-15H2,1-2H3,(H,37,38)(H,39,40);1H/t19-,24?;/m1./s1. The minimum absolute atomic E-state index is 0. The molecular formula is C29H33ClF3N3O9. The van der Waals surface area contributed by atoms with Crippen LogP contribution in [0.4, 0.5) is 18.9 Å². The van der Waals surface area contributed by atoms with Crippen LogP contribution >= 0.6 is 12.4 Å². The Balaban J connectivity index is 0.00000705. The number of aryl methyl sites for hydroxylation is 1. The van der Waals surface area contributed by atoms with E-state index in [1.165, 1.54) is 0 Å². The quantitative estimate of drug-likeness (QED) is 0.103. The van der Waals surface area contributed by atoms with Crippen molar-refractivity contribution in [2.75, 3.05) is 26.3 Å². The molecule has 1 heterocycles. The molecule has 0 fully saturated rings. The number of hydrogen-bond donors (Lipinski definition) is 5. The van der Waals surface area contributed by atoms with Gasteiger partial charge in [-0.15, -0.1) is 12.4 Å². The van der Waals surface area contributed by atoms with Gasteiger partial charge in [0.1, 0.15) is 29.9 Å². The van der Waals surface area contributed by atoms with Gasteiger partial charge >= 0.3 is 18.1 Å². The maximum Gasteiger partial charge on any atom is 0.431 e. The Hall–Kier alpha value is -4.34. The summed E-state index contributed by atoms with van der Waals surface area (Å²) >= 11 is 0. The highest BCUT2D eigenvalue weighted by atomic mass is 35.5. The van der Waals surface area contributed by atoms with Crippen molar-refractivity contribution in [1.29, 1.82) is 0 Å². The molecule has 1 aliphatic rings. The number of aliphatic hydroxyl groups is 1. The minimum atomic E-state index is -5.20. The van der Waals surface area contributed by atoms with Crippen LogP contribution in [0.15, 0.2) is 65.0 Å². The van der Waals surface area contributed by atoms with Crippen LogP contribution in [0.1, 0.15) is 36.8 Å². The number of carbonyl (C=O) groups is 2. The first-order valence-corrected chi connectivity index (χ1v) is 13.5. The van der Waals surface area contributed by atoms with Crippen LogP contribution in [0.25, 0.3) is 0 Å². The predicted octanol–water partition coefficient (Wildman–Crippen LogP) is 4.46. The van der Waals surface area contributed by atoms with E-state index in [1.807, 2.05) is 30.4 Å². The van der Waals surface area contributed by atoms with E-state index in [1.54, 1.807) is 6.07 Å². The number of carboxylic acids is 2. The lowest BCUT2D eigenvalue weighted by molar-refractivity contribution is -0.384. The summed E-state index contributed by atoms with van der Waals surface area (Å²) in [4.78, 5) is 34.9. The summed E-state index contributed by atoms with van der Waals surface area (Å²) in [7, 11) is 0. The van der Waals surface area contributed by atoms with Crippen LogP contribution in [0.5, 0.6) is 11.5 Å². The molecule has 0 bridgehead atoms. The average Bonchev–Trinajstić information content (AvgIpc) is 2.94. The van der Waals surface area contributed by atoms with E-state index in [9.17, 15) is 48.2 Å². The fraction of sp³-hybridized carbons (Fsp3) is 0.379. The maximum atomic E-state index is 13.9. The molecular weight excluding hydrogens is 627 g/mol. The van der Waals surface area contributed by atoms with E-state index in [0.29, 0.717) is 25.1 Å². The second-order valence-corrected chi connectivity index (χ2v) is 9.96. The lowest BCUT2D eigenvalue weighted by Gasteiger charge is -2.31. The van der Waals surface area contributed by atoms with E-state index < -0.39 is 68.9 Å². The Morgan fingerprint density at radius 3 is 2.31 bits per heavy atom. The van der Waals surface area contributed by atoms with Crippen molar-refractivity contribution in [2.45, 2.75) is 44.9 Å². The summed E-state index contributed by atoms with van der Waals surface area (Å²) in [6, 6.07) is 10.3. The zero-order chi connectivity index (χ0) is 32.6. The van der Waals surface area contributed by atoms with Gasteiger partial charge in [-0.2, -0.15) is 13.2 Å². The first-order valence-electron chi connectivity index (χ1n) is 13.5. The second-order valence-electron chi connectivity index (χ2n) is 9.96. The molecule has 0 radical (unpaired) electrons. The number of allylic oxidation sites excluding steroid dienone is 2. The molecule has 246 valence electrons. The van der Waals surface area contributed by atoms with Gasteiger partial charge in [-0.25, -0.2) is 9.59 Å². The Bertz CT molecular complexity index is 1460. The van der Waals surface area contributed by atoms with E-state index in [-0.39, 0.29) is 37.9 Å². The number of nitrogens with one attached hydrogen (secondary N) is 2. The van der Waals surface area contributed by atoms with Gasteiger partial charge in [0, 0.05) is 29.9 Å². The van der Waals surface area contributed by atoms with Crippen LogP contribution in [0, 0.1) is 17.0 Å². The molecule has 0 spiro atoms. The number of aliphatic carboxylic acids is 2. The molecule has 2 aromatic carbocycles. The maximum absolute atomic E-state index is 13.9. The molecule has 16 heteroatoms. The number of nitro groups is 1. The van der Waals surface area contributed by atoms with Crippen molar-refractivity contribution in [3.63, 3.8) is 0 Å². The lowest BCUT2D eigenvalue weighted by Crippen LogP contribution is -2.37. The zero-order valence-corrected chi connectivity index (χ0v) is 25.0. The molecule has 2 atom stereocenters. The van der Waals surface area contributed by atoms with E-state index in [2.05, 4.69) is 5.32 Å². The van der Waals surface area contributed by atoms with E-state index in [4.69, 9.17) is 9.47 Å². The lowest BCUT2D eigenvalue weighted by atomic mass is 9.79. The number of alkyl halides is 3.